The van der Waals surface area contributed by atoms with E-state index in [9.17, 15) is 0 Å². The van der Waals surface area contributed by atoms with Gasteiger partial charge in [-0.3, -0.25) is 0 Å². The fourth-order valence-electron chi connectivity index (χ4n) is 1.16. The maximum absolute atomic E-state index is 2.32. The molecule has 0 aromatic rings. The molecule has 0 unspecified atom stereocenters. The third-order valence-corrected chi connectivity index (χ3v) is 2.10. The van der Waals surface area contributed by atoms with Crippen LogP contribution in [0.25, 0.3) is 0 Å². The summed E-state index contributed by atoms with van der Waals surface area (Å²) in [6.45, 7) is 2.45. The molecule has 0 rings (SSSR count). The summed E-state index contributed by atoms with van der Waals surface area (Å²) in [5.74, 6) is 0. The quantitative estimate of drug-likeness (QED) is 0.452. The third-order valence-electron chi connectivity index (χ3n) is 2.10. The highest BCUT2D eigenvalue weighted by Crippen LogP contribution is 1.98. The standard InChI is InChI=1S/C12H28N2/c1-13(2,3)11-9-7-8-10-12-14(4,5)6/h7-8H,9-12H2,1-6H3/q+2/b8-7+. The monoisotopic (exact) mass is 200 g/mol. The van der Waals surface area contributed by atoms with Gasteiger partial charge in [0.25, 0.3) is 0 Å². The van der Waals surface area contributed by atoms with E-state index in [0.717, 1.165) is 8.97 Å². The average Bonchev–Trinajstić information content (AvgIpc) is 1.92. The normalized spacial score (nSPS) is 13.9. The van der Waals surface area contributed by atoms with Crippen LogP contribution in [0.5, 0.6) is 0 Å². The molecule has 0 amide bonds. The predicted octanol–water partition coefficient (Wildman–Crippen LogP) is 1.74. The number of quaternary nitrogens is 2. The first-order valence-electron chi connectivity index (χ1n) is 5.47. The molecule has 0 bridgehead atoms. The lowest BCUT2D eigenvalue weighted by Crippen LogP contribution is -2.35. The van der Waals surface area contributed by atoms with E-state index in [1.807, 2.05) is 0 Å². The molecule has 84 valence electrons. The number of nitrogens with zero attached hydrogens (tertiary/aromatic N) is 2. The van der Waals surface area contributed by atoms with Gasteiger partial charge in [0.1, 0.15) is 0 Å². The van der Waals surface area contributed by atoms with E-state index in [2.05, 4.69) is 54.4 Å². The van der Waals surface area contributed by atoms with E-state index in [1.54, 1.807) is 0 Å². The number of rotatable bonds is 6. The highest BCUT2D eigenvalue weighted by atomic mass is 15.3. The summed E-state index contributed by atoms with van der Waals surface area (Å²) in [5, 5.41) is 0. The first kappa shape index (κ1) is 13.7. The second-order valence-corrected chi connectivity index (χ2v) is 6.08. The molecular weight excluding hydrogens is 172 g/mol. The zero-order chi connectivity index (χ0) is 11.2. The zero-order valence-corrected chi connectivity index (χ0v) is 10.9. The van der Waals surface area contributed by atoms with Crippen LogP contribution in [-0.2, 0) is 0 Å². The van der Waals surface area contributed by atoms with Crippen molar-refractivity contribution in [2.24, 2.45) is 0 Å². The van der Waals surface area contributed by atoms with E-state index in [4.69, 9.17) is 0 Å². The first-order valence-corrected chi connectivity index (χ1v) is 5.47. The highest BCUT2D eigenvalue weighted by molar-refractivity contribution is 4.81. The molecule has 0 aliphatic heterocycles. The van der Waals surface area contributed by atoms with Gasteiger partial charge in [-0.1, -0.05) is 12.2 Å². The van der Waals surface area contributed by atoms with Crippen LogP contribution < -0.4 is 0 Å². The molecule has 0 aliphatic carbocycles. The molecule has 0 atom stereocenters. The van der Waals surface area contributed by atoms with Gasteiger partial charge in [-0.2, -0.15) is 0 Å². The van der Waals surface area contributed by atoms with Crippen molar-refractivity contribution in [1.29, 1.82) is 0 Å². The summed E-state index contributed by atoms with van der Waals surface area (Å²) in [5.41, 5.74) is 0. The Morgan fingerprint density at radius 3 is 1.14 bits per heavy atom. The molecule has 0 saturated carbocycles. The minimum absolute atomic E-state index is 1.06. The summed E-state index contributed by atoms with van der Waals surface area (Å²) in [4.78, 5) is 0. The zero-order valence-electron chi connectivity index (χ0n) is 10.9. The van der Waals surface area contributed by atoms with E-state index in [-0.39, 0.29) is 0 Å². The van der Waals surface area contributed by atoms with Crippen LogP contribution in [0.1, 0.15) is 12.8 Å². The Hall–Kier alpha value is -0.340. The van der Waals surface area contributed by atoms with Crippen LogP contribution in [0.15, 0.2) is 12.2 Å². The molecule has 0 aromatic carbocycles. The predicted molar refractivity (Wildman–Crippen MR) is 64.2 cm³/mol. The van der Waals surface area contributed by atoms with Crippen molar-refractivity contribution in [2.45, 2.75) is 12.8 Å². The second-order valence-electron chi connectivity index (χ2n) is 6.08. The van der Waals surface area contributed by atoms with Gasteiger partial charge in [-0.05, 0) is 0 Å². The molecule has 2 heteroatoms. The summed E-state index contributed by atoms with van der Waals surface area (Å²) in [7, 11) is 13.4. The first-order chi connectivity index (χ1) is 6.21. The molecule has 14 heavy (non-hydrogen) atoms. The Kier molecular flexibility index (Phi) is 5.38. The van der Waals surface area contributed by atoms with Crippen LogP contribution in [0.3, 0.4) is 0 Å². The highest BCUT2D eigenvalue weighted by Gasteiger charge is 2.04. The third kappa shape index (κ3) is 11.7. The van der Waals surface area contributed by atoms with Crippen molar-refractivity contribution < 1.29 is 8.97 Å². The fourth-order valence-corrected chi connectivity index (χ4v) is 1.16. The molecule has 0 spiro atoms. The van der Waals surface area contributed by atoms with Crippen molar-refractivity contribution in [2.75, 3.05) is 55.4 Å². The van der Waals surface area contributed by atoms with Crippen LogP contribution in [-0.4, -0.2) is 64.3 Å². The largest absolute Gasteiger partial charge is 0.331 e. The summed E-state index contributed by atoms with van der Waals surface area (Å²) in [6.07, 6.45) is 7.03. The summed E-state index contributed by atoms with van der Waals surface area (Å²) < 4.78 is 2.11. The molecule has 0 N–H and O–H groups in total. The molecule has 0 aromatic heterocycles. The maximum atomic E-state index is 2.32. The van der Waals surface area contributed by atoms with Gasteiger partial charge in [0.15, 0.2) is 0 Å². The maximum Gasteiger partial charge on any atom is 0.0815 e. The molecule has 0 fully saturated rings. The molecule has 2 nitrogen and oxygen atoms in total. The lowest BCUT2D eigenvalue weighted by Gasteiger charge is -2.23. The van der Waals surface area contributed by atoms with Crippen molar-refractivity contribution >= 4 is 0 Å². The Morgan fingerprint density at radius 2 is 0.929 bits per heavy atom. The summed E-state index contributed by atoms with van der Waals surface area (Å²) in [6, 6.07) is 0. The van der Waals surface area contributed by atoms with Crippen molar-refractivity contribution in [3.8, 4) is 0 Å². The van der Waals surface area contributed by atoms with E-state index in [1.165, 1.54) is 25.9 Å². The minimum atomic E-state index is 1.06. The fraction of sp³-hybridized carbons (Fsp3) is 0.833. The molecule has 0 radical (unpaired) electrons. The van der Waals surface area contributed by atoms with Crippen molar-refractivity contribution in [3.05, 3.63) is 12.2 Å². The summed E-state index contributed by atoms with van der Waals surface area (Å²) >= 11 is 0. The van der Waals surface area contributed by atoms with E-state index >= 15 is 0 Å². The lowest BCUT2D eigenvalue weighted by molar-refractivity contribution is -0.870. The Balaban J connectivity index is 3.47. The van der Waals surface area contributed by atoms with Crippen LogP contribution in [0.2, 0.25) is 0 Å². The van der Waals surface area contributed by atoms with E-state index in [0.29, 0.717) is 0 Å². The van der Waals surface area contributed by atoms with Gasteiger partial charge < -0.3 is 8.97 Å². The van der Waals surface area contributed by atoms with Gasteiger partial charge in [0.05, 0.1) is 55.4 Å². The number of hydrogen-bond acceptors (Lipinski definition) is 0. The van der Waals surface area contributed by atoms with Gasteiger partial charge in [0.2, 0.25) is 0 Å². The molecule has 0 aliphatic rings. The van der Waals surface area contributed by atoms with Crippen molar-refractivity contribution in [3.63, 3.8) is 0 Å². The van der Waals surface area contributed by atoms with Gasteiger partial charge >= 0.3 is 0 Å². The number of hydrogen-bond donors (Lipinski definition) is 0. The van der Waals surface area contributed by atoms with Crippen LogP contribution >= 0.6 is 0 Å². The topological polar surface area (TPSA) is 0 Å². The average molecular weight is 200 g/mol. The van der Waals surface area contributed by atoms with Gasteiger partial charge in [-0.25, -0.2) is 0 Å². The minimum Gasteiger partial charge on any atom is -0.331 e. The smallest absolute Gasteiger partial charge is 0.0815 e. The second kappa shape index (κ2) is 5.52. The van der Waals surface area contributed by atoms with Crippen molar-refractivity contribution in [1.82, 2.24) is 0 Å². The molecular formula is C12H28N2+2. The Morgan fingerprint density at radius 1 is 0.643 bits per heavy atom. The van der Waals surface area contributed by atoms with Crippen LogP contribution in [0.4, 0.5) is 0 Å². The molecule has 0 saturated heterocycles. The Labute approximate surface area is 90.0 Å². The van der Waals surface area contributed by atoms with E-state index < -0.39 is 0 Å². The molecule has 0 heterocycles. The Bertz CT molecular complexity index is 150. The SMILES string of the molecule is C[N+](C)(C)CC/C=C/CC[N+](C)(C)C. The van der Waals surface area contributed by atoms with Gasteiger partial charge in [0, 0.05) is 12.8 Å². The van der Waals surface area contributed by atoms with Gasteiger partial charge in [-0.15, -0.1) is 0 Å². The van der Waals surface area contributed by atoms with Crippen LogP contribution in [0, 0.1) is 0 Å². The lowest BCUT2D eigenvalue weighted by atomic mass is 10.3.